The first-order valence-electron chi connectivity index (χ1n) is 7.67. The molecule has 3 rings (SSSR count). The molecule has 0 aromatic heterocycles. The van der Waals surface area contributed by atoms with Gasteiger partial charge in [0, 0.05) is 38.8 Å². The molecule has 1 aromatic rings. The first kappa shape index (κ1) is 16.5. The third-order valence-corrected chi connectivity index (χ3v) is 4.57. The van der Waals surface area contributed by atoms with Crippen LogP contribution in [0.15, 0.2) is 18.2 Å². The number of hydrogen-bond acceptors (Lipinski definition) is 4. The van der Waals surface area contributed by atoms with Crippen LogP contribution in [0.5, 0.6) is 0 Å². The van der Waals surface area contributed by atoms with E-state index in [4.69, 9.17) is 0 Å². The number of carbonyl (C=O) groups excluding carboxylic acids is 3. The maximum absolute atomic E-state index is 13.3. The summed E-state index contributed by atoms with van der Waals surface area (Å²) >= 11 is 0. The van der Waals surface area contributed by atoms with Gasteiger partial charge < -0.3 is 4.90 Å². The average molecular weight is 337 g/mol. The van der Waals surface area contributed by atoms with E-state index in [2.05, 4.69) is 0 Å². The van der Waals surface area contributed by atoms with Gasteiger partial charge in [-0.1, -0.05) is 0 Å². The Morgan fingerprint density at radius 3 is 2.29 bits per heavy atom. The van der Waals surface area contributed by atoms with Crippen molar-refractivity contribution in [3.8, 4) is 0 Å². The summed E-state index contributed by atoms with van der Waals surface area (Å²) < 4.78 is 26.2. The number of halogens is 2. The summed E-state index contributed by atoms with van der Waals surface area (Å²) in [7, 11) is 1.47. The quantitative estimate of drug-likeness (QED) is 0.737. The van der Waals surface area contributed by atoms with Crippen molar-refractivity contribution in [3.05, 3.63) is 35.4 Å². The molecule has 0 aliphatic carbocycles. The van der Waals surface area contributed by atoms with Crippen molar-refractivity contribution in [2.45, 2.75) is 12.5 Å². The highest BCUT2D eigenvalue weighted by Crippen LogP contribution is 2.20. The Hall–Kier alpha value is -2.35. The smallest absolute Gasteiger partial charge is 0.254 e. The average Bonchev–Trinajstić information content (AvgIpc) is 2.84. The lowest BCUT2D eigenvalue weighted by Crippen LogP contribution is -2.53. The third kappa shape index (κ3) is 2.89. The summed E-state index contributed by atoms with van der Waals surface area (Å²) in [6, 6.07) is 2.60. The Morgan fingerprint density at radius 1 is 1.08 bits per heavy atom. The lowest BCUT2D eigenvalue weighted by Gasteiger charge is -2.37. The highest BCUT2D eigenvalue weighted by Gasteiger charge is 2.40. The van der Waals surface area contributed by atoms with Crippen LogP contribution in [0.4, 0.5) is 8.78 Å². The van der Waals surface area contributed by atoms with Crippen molar-refractivity contribution in [1.29, 1.82) is 0 Å². The molecule has 0 radical (unpaired) electrons. The number of amides is 3. The van der Waals surface area contributed by atoms with E-state index < -0.39 is 17.7 Å². The molecule has 8 heteroatoms. The first-order valence-corrected chi connectivity index (χ1v) is 7.67. The molecule has 3 amide bonds. The largest absolute Gasteiger partial charge is 0.336 e. The monoisotopic (exact) mass is 337 g/mol. The van der Waals surface area contributed by atoms with Gasteiger partial charge in [0.2, 0.25) is 11.8 Å². The van der Waals surface area contributed by atoms with E-state index in [1.807, 2.05) is 4.90 Å². The van der Waals surface area contributed by atoms with Crippen LogP contribution in [-0.4, -0.2) is 71.7 Å². The van der Waals surface area contributed by atoms with E-state index >= 15 is 0 Å². The number of likely N-dealkylation sites (N-methyl/N-ethyl adjacent to an activating group) is 1. The maximum atomic E-state index is 13.3. The van der Waals surface area contributed by atoms with E-state index in [1.54, 1.807) is 0 Å². The fraction of sp³-hybridized carbons (Fsp3) is 0.438. The van der Waals surface area contributed by atoms with E-state index in [9.17, 15) is 23.2 Å². The molecular weight excluding hydrogens is 320 g/mol. The Morgan fingerprint density at radius 2 is 1.75 bits per heavy atom. The van der Waals surface area contributed by atoms with Crippen molar-refractivity contribution in [1.82, 2.24) is 14.7 Å². The predicted octanol–water partition coefficient (Wildman–Crippen LogP) is 0.480. The molecule has 24 heavy (non-hydrogen) atoms. The number of carbonyl (C=O) groups is 3. The Balaban J connectivity index is 1.62. The highest BCUT2D eigenvalue weighted by molar-refractivity contribution is 6.05. The molecule has 0 bridgehead atoms. The van der Waals surface area contributed by atoms with Gasteiger partial charge >= 0.3 is 0 Å². The Kier molecular flexibility index (Phi) is 4.31. The second kappa shape index (κ2) is 6.27. The number of piperazine rings is 1. The van der Waals surface area contributed by atoms with E-state index in [0.717, 1.165) is 17.0 Å². The van der Waals surface area contributed by atoms with E-state index in [-0.39, 0.29) is 29.7 Å². The van der Waals surface area contributed by atoms with Gasteiger partial charge in [-0.2, -0.15) is 0 Å². The van der Waals surface area contributed by atoms with Crippen LogP contribution >= 0.6 is 0 Å². The fourth-order valence-corrected chi connectivity index (χ4v) is 3.07. The number of likely N-dealkylation sites (tertiary alicyclic amines) is 1. The molecule has 2 saturated heterocycles. The zero-order valence-corrected chi connectivity index (χ0v) is 13.2. The SMILES string of the molecule is CN1C(=O)CC(N2CCN(C(=O)c3ccc(F)c(F)c3)CC2)C1=O. The van der Waals surface area contributed by atoms with Gasteiger partial charge in [0.25, 0.3) is 5.91 Å². The number of imide groups is 1. The second-order valence-corrected chi connectivity index (χ2v) is 5.97. The summed E-state index contributed by atoms with van der Waals surface area (Å²) in [5.74, 6) is -2.85. The van der Waals surface area contributed by atoms with Crippen LogP contribution in [0.3, 0.4) is 0 Å². The Bertz CT molecular complexity index is 702. The number of hydrogen-bond donors (Lipinski definition) is 0. The number of benzene rings is 1. The second-order valence-electron chi connectivity index (χ2n) is 5.97. The molecule has 1 unspecified atom stereocenters. The molecule has 2 heterocycles. The van der Waals surface area contributed by atoms with Gasteiger partial charge in [0.15, 0.2) is 11.6 Å². The van der Waals surface area contributed by atoms with Crippen molar-refractivity contribution in [2.75, 3.05) is 33.2 Å². The molecule has 0 saturated carbocycles. The minimum atomic E-state index is -1.06. The lowest BCUT2D eigenvalue weighted by molar-refractivity contribution is -0.138. The minimum absolute atomic E-state index is 0.0919. The van der Waals surface area contributed by atoms with Crippen LogP contribution in [0.1, 0.15) is 16.8 Å². The molecule has 1 aromatic carbocycles. The summed E-state index contributed by atoms with van der Waals surface area (Å²) in [4.78, 5) is 40.5. The van der Waals surface area contributed by atoms with Gasteiger partial charge in [0.05, 0.1) is 12.5 Å². The number of rotatable bonds is 2. The van der Waals surface area contributed by atoms with Crippen molar-refractivity contribution >= 4 is 17.7 Å². The van der Waals surface area contributed by atoms with E-state index in [1.165, 1.54) is 18.0 Å². The van der Waals surface area contributed by atoms with Crippen LogP contribution < -0.4 is 0 Å². The van der Waals surface area contributed by atoms with Crippen LogP contribution in [0.2, 0.25) is 0 Å². The van der Waals surface area contributed by atoms with Crippen molar-refractivity contribution in [3.63, 3.8) is 0 Å². The predicted molar refractivity (Wildman–Crippen MR) is 80.0 cm³/mol. The van der Waals surface area contributed by atoms with Crippen LogP contribution in [-0.2, 0) is 9.59 Å². The molecule has 1 atom stereocenters. The normalized spacial score (nSPS) is 22.4. The first-order chi connectivity index (χ1) is 11.4. The molecule has 2 aliphatic heterocycles. The molecule has 6 nitrogen and oxygen atoms in total. The fourth-order valence-electron chi connectivity index (χ4n) is 3.07. The lowest BCUT2D eigenvalue weighted by atomic mass is 10.1. The summed E-state index contributed by atoms with van der Waals surface area (Å²) in [6.45, 7) is 1.62. The maximum Gasteiger partial charge on any atom is 0.254 e. The zero-order chi connectivity index (χ0) is 17.4. The van der Waals surface area contributed by atoms with Gasteiger partial charge in [0.1, 0.15) is 0 Å². The van der Waals surface area contributed by atoms with Gasteiger partial charge in [-0.25, -0.2) is 8.78 Å². The molecule has 2 aliphatic rings. The molecule has 2 fully saturated rings. The summed E-state index contributed by atoms with van der Waals surface area (Å²) in [5, 5.41) is 0. The van der Waals surface area contributed by atoms with Crippen LogP contribution in [0.25, 0.3) is 0 Å². The summed E-state index contributed by atoms with van der Waals surface area (Å²) in [6.07, 6.45) is 0.159. The molecule has 0 spiro atoms. The zero-order valence-electron chi connectivity index (χ0n) is 13.2. The van der Waals surface area contributed by atoms with Crippen LogP contribution in [0, 0.1) is 11.6 Å². The van der Waals surface area contributed by atoms with Crippen molar-refractivity contribution < 1.29 is 23.2 Å². The molecule has 128 valence electrons. The van der Waals surface area contributed by atoms with Gasteiger partial charge in [-0.15, -0.1) is 0 Å². The summed E-state index contributed by atoms with van der Waals surface area (Å²) in [5.41, 5.74) is 0.0919. The standard InChI is InChI=1S/C16H17F2N3O3/c1-19-14(22)9-13(16(19)24)20-4-6-21(7-5-20)15(23)10-2-3-11(17)12(18)8-10/h2-3,8,13H,4-7,9H2,1H3. The van der Waals surface area contributed by atoms with Gasteiger partial charge in [-0.3, -0.25) is 24.2 Å². The molecule has 0 N–H and O–H groups in total. The third-order valence-electron chi connectivity index (χ3n) is 4.57. The molecular formula is C16H17F2N3O3. The van der Waals surface area contributed by atoms with E-state index in [0.29, 0.717) is 26.2 Å². The van der Waals surface area contributed by atoms with Gasteiger partial charge in [-0.05, 0) is 18.2 Å². The topological polar surface area (TPSA) is 60.9 Å². The van der Waals surface area contributed by atoms with Crippen molar-refractivity contribution in [2.24, 2.45) is 0 Å². The Labute approximate surface area is 137 Å². The number of nitrogens with zero attached hydrogens (tertiary/aromatic N) is 3. The highest BCUT2D eigenvalue weighted by atomic mass is 19.2. The minimum Gasteiger partial charge on any atom is -0.336 e.